The normalized spacial score (nSPS) is 13.2. The van der Waals surface area contributed by atoms with E-state index in [9.17, 15) is 32.3 Å². The second-order valence-electron chi connectivity index (χ2n) is 8.76. The zero-order valence-corrected chi connectivity index (χ0v) is 21.5. The molecule has 0 bridgehead atoms. The Morgan fingerprint density at radius 3 is 2.50 bits per heavy atom. The number of fused-ring (bicyclic) bond motifs is 1. The standard InChI is InChI=1S/C26H22ClF4N5O4/c1-2-40-23-14(9-21(32)37)8-20(35-22(23)13-3-5-16(28)6-4-13)25(39,26(29,30)31)12-33-24(38)17-7-15-11-34-36-19(15)10-18(17)27/h3-8,10-11,39H,2,9,12H2,1H3,(H2,32,37)(H,33,38)(H,34,36)/t25-/m0/s1. The molecule has 0 unspecified atom stereocenters. The molecule has 0 saturated carbocycles. The van der Waals surface area contributed by atoms with Crippen molar-refractivity contribution in [3.05, 3.63) is 76.3 Å². The topological polar surface area (TPSA) is 143 Å². The van der Waals surface area contributed by atoms with Gasteiger partial charge in [0.05, 0.1) is 47.6 Å². The molecular weight excluding hydrogens is 558 g/mol. The molecule has 2 aromatic heterocycles. The summed E-state index contributed by atoms with van der Waals surface area (Å²) in [4.78, 5) is 28.7. The molecule has 210 valence electrons. The second kappa shape index (κ2) is 11.1. The maximum Gasteiger partial charge on any atom is 0.424 e. The van der Waals surface area contributed by atoms with Crippen molar-refractivity contribution >= 4 is 34.3 Å². The van der Waals surface area contributed by atoms with Gasteiger partial charge in [0.15, 0.2) is 0 Å². The van der Waals surface area contributed by atoms with Crippen LogP contribution in [-0.2, 0) is 16.8 Å². The van der Waals surface area contributed by atoms with Crippen LogP contribution in [0.25, 0.3) is 22.2 Å². The van der Waals surface area contributed by atoms with Gasteiger partial charge in [-0.3, -0.25) is 14.7 Å². The SMILES string of the molecule is CCOc1c(CC(N)=O)cc([C@@](O)(CNC(=O)c2cc3cn[nH]c3cc2Cl)C(F)(F)F)nc1-c1ccc(F)cc1. The molecule has 4 rings (SSSR count). The monoisotopic (exact) mass is 579 g/mol. The Labute approximate surface area is 229 Å². The van der Waals surface area contributed by atoms with Gasteiger partial charge in [0.25, 0.3) is 5.91 Å². The number of amides is 2. The maximum absolute atomic E-state index is 14.5. The number of alkyl halides is 3. The summed E-state index contributed by atoms with van der Waals surface area (Å²) in [6.45, 7) is 0.279. The quantitative estimate of drug-likeness (QED) is 0.221. The summed E-state index contributed by atoms with van der Waals surface area (Å²) in [5, 5.41) is 20.0. The van der Waals surface area contributed by atoms with Crippen molar-refractivity contribution in [2.24, 2.45) is 5.73 Å². The lowest BCUT2D eigenvalue weighted by Gasteiger charge is -2.31. The fourth-order valence-electron chi connectivity index (χ4n) is 4.00. The number of nitrogens with zero attached hydrogens (tertiary/aromatic N) is 2. The average molecular weight is 580 g/mol. The lowest BCUT2D eigenvalue weighted by Crippen LogP contribution is -2.51. The van der Waals surface area contributed by atoms with Crippen LogP contribution in [0, 0.1) is 5.82 Å². The van der Waals surface area contributed by atoms with E-state index in [1.807, 2.05) is 0 Å². The summed E-state index contributed by atoms with van der Waals surface area (Å²) >= 11 is 6.14. The predicted molar refractivity (Wildman–Crippen MR) is 137 cm³/mol. The van der Waals surface area contributed by atoms with Crippen LogP contribution in [-0.4, -0.2) is 51.4 Å². The smallest absolute Gasteiger partial charge is 0.424 e. The highest BCUT2D eigenvalue weighted by molar-refractivity contribution is 6.34. The van der Waals surface area contributed by atoms with Crippen molar-refractivity contribution < 1.29 is 37.0 Å². The first-order chi connectivity index (χ1) is 18.8. The number of carbonyl (C=O) groups is 2. The van der Waals surface area contributed by atoms with Gasteiger partial charge in [0.1, 0.15) is 17.3 Å². The van der Waals surface area contributed by atoms with Gasteiger partial charge in [0.2, 0.25) is 11.5 Å². The van der Waals surface area contributed by atoms with Crippen LogP contribution in [0.3, 0.4) is 0 Å². The van der Waals surface area contributed by atoms with Crippen molar-refractivity contribution in [3.8, 4) is 17.0 Å². The zero-order chi connectivity index (χ0) is 29.2. The summed E-state index contributed by atoms with van der Waals surface area (Å²) in [6, 6.07) is 8.17. The number of hydrogen-bond donors (Lipinski definition) is 4. The average Bonchev–Trinajstić information content (AvgIpc) is 3.34. The molecule has 2 aromatic carbocycles. The van der Waals surface area contributed by atoms with Gasteiger partial charge < -0.3 is 20.9 Å². The molecule has 2 heterocycles. The number of benzene rings is 2. The third kappa shape index (κ3) is 5.70. The van der Waals surface area contributed by atoms with Gasteiger partial charge >= 0.3 is 6.18 Å². The summed E-state index contributed by atoms with van der Waals surface area (Å²) in [5.41, 5.74) is 0.845. The van der Waals surface area contributed by atoms with Gasteiger partial charge in [-0.25, -0.2) is 9.37 Å². The number of nitrogens with one attached hydrogen (secondary N) is 2. The third-order valence-electron chi connectivity index (χ3n) is 5.99. The van der Waals surface area contributed by atoms with Gasteiger partial charge in [-0.05, 0) is 49.4 Å². The fraction of sp³-hybridized carbons (Fsp3) is 0.231. The summed E-state index contributed by atoms with van der Waals surface area (Å²) in [6.07, 6.45) is -4.52. The van der Waals surface area contributed by atoms with Crippen molar-refractivity contribution in [2.45, 2.75) is 25.1 Å². The molecule has 0 fully saturated rings. The highest BCUT2D eigenvalue weighted by Gasteiger charge is 2.56. The van der Waals surface area contributed by atoms with Gasteiger partial charge in [-0.15, -0.1) is 0 Å². The lowest BCUT2D eigenvalue weighted by molar-refractivity contribution is -0.265. The Hall–Kier alpha value is -4.23. The minimum absolute atomic E-state index is 0.0440. The van der Waals surface area contributed by atoms with Gasteiger partial charge in [-0.1, -0.05) is 11.6 Å². The minimum atomic E-state index is -5.36. The maximum atomic E-state index is 14.5. The number of H-pyrrole nitrogens is 1. The number of ether oxygens (including phenoxy) is 1. The summed E-state index contributed by atoms with van der Waals surface area (Å²) < 4.78 is 62.6. The molecule has 0 saturated heterocycles. The molecule has 4 aromatic rings. The summed E-state index contributed by atoms with van der Waals surface area (Å²) in [5.74, 6) is -2.57. The first-order valence-electron chi connectivity index (χ1n) is 11.8. The highest BCUT2D eigenvalue weighted by atomic mass is 35.5. The van der Waals surface area contributed by atoms with E-state index >= 15 is 0 Å². The fourth-order valence-corrected chi connectivity index (χ4v) is 4.25. The molecule has 5 N–H and O–H groups in total. The number of primary amides is 1. The largest absolute Gasteiger partial charge is 0.491 e. The first kappa shape index (κ1) is 28.8. The van der Waals surface area contributed by atoms with E-state index in [1.54, 1.807) is 6.92 Å². The summed E-state index contributed by atoms with van der Waals surface area (Å²) in [7, 11) is 0. The number of halogens is 5. The van der Waals surface area contributed by atoms with Crippen LogP contribution in [0.2, 0.25) is 5.02 Å². The Morgan fingerprint density at radius 1 is 1.18 bits per heavy atom. The van der Waals surface area contributed by atoms with Gasteiger partial charge in [0, 0.05) is 16.5 Å². The Bertz CT molecular complexity index is 1580. The Kier molecular flexibility index (Phi) is 7.98. The number of aromatic nitrogens is 3. The molecule has 2 amide bonds. The van der Waals surface area contributed by atoms with Crippen LogP contribution in [0.5, 0.6) is 5.75 Å². The van der Waals surface area contributed by atoms with E-state index in [0.717, 1.165) is 18.2 Å². The van der Waals surface area contributed by atoms with E-state index in [0.29, 0.717) is 10.9 Å². The molecule has 1 atom stereocenters. The van der Waals surface area contributed by atoms with Crippen LogP contribution < -0.4 is 15.8 Å². The number of hydrogen-bond acceptors (Lipinski definition) is 6. The van der Waals surface area contributed by atoms with E-state index in [4.69, 9.17) is 22.1 Å². The molecule has 40 heavy (non-hydrogen) atoms. The van der Waals surface area contributed by atoms with Crippen molar-refractivity contribution in [3.63, 3.8) is 0 Å². The van der Waals surface area contributed by atoms with Crippen molar-refractivity contribution in [1.29, 1.82) is 0 Å². The number of carbonyl (C=O) groups excluding carboxylic acids is 2. The van der Waals surface area contributed by atoms with Crippen LogP contribution in [0.1, 0.15) is 28.5 Å². The number of rotatable bonds is 9. The van der Waals surface area contributed by atoms with Crippen LogP contribution in [0.4, 0.5) is 17.6 Å². The molecular formula is C26H22ClF4N5O4. The molecule has 0 spiro atoms. The number of aromatic amines is 1. The van der Waals surface area contributed by atoms with E-state index in [1.165, 1.54) is 30.5 Å². The Balaban J connectivity index is 1.81. The van der Waals surface area contributed by atoms with E-state index < -0.39 is 48.1 Å². The first-order valence-corrected chi connectivity index (χ1v) is 12.1. The molecule has 14 heteroatoms. The molecule has 0 aliphatic carbocycles. The molecule has 0 aliphatic rings. The third-order valence-corrected chi connectivity index (χ3v) is 6.30. The van der Waals surface area contributed by atoms with E-state index in [-0.39, 0.29) is 39.8 Å². The zero-order valence-electron chi connectivity index (χ0n) is 20.8. The number of nitrogens with two attached hydrogens (primary N) is 1. The Morgan fingerprint density at radius 2 is 1.88 bits per heavy atom. The van der Waals surface area contributed by atoms with Crippen molar-refractivity contribution in [1.82, 2.24) is 20.5 Å². The highest BCUT2D eigenvalue weighted by Crippen LogP contribution is 2.42. The predicted octanol–water partition coefficient (Wildman–Crippen LogP) is 4.02. The van der Waals surface area contributed by atoms with Gasteiger partial charge in [-0.2, -0.15) is 18.3 Å². The molecule has 0 radical (unpaired) electrons. The second-order valence-corrected chi connectivity index (χ2v) is 9.16. The van der Waals surface area contributed by atoms with Crippen LogP contribution >= 0.6 is 11.6 Å². The number of aliphatic hydroxyl groups is 1. The van der Waals surface area contributed by atoms with Crippen molar-refractivity contribution in [2.75, 3.05) is 13.2 Å². The molecule has 9 nitrogen and oxygen atoms in total. The van der Waals surface area contributed by atoms with Crippen LogP contribution in [0.15, 0.2) is 48.7 Å². The minimum Gasteiger partial charge on any atom is -0.491 e. The molecule has 0 aliphatic heterocycles. The van der Waals surface area contributed by atoms with E-state index in [2.05, 4.69) is 20.5 Å². The number of pyridine rings is 1. The lowest BCUT2D eigenvalue weighted by atomic mass is 9.93.